The highest BCUT2D eigenvalue weighted by Gasteiger charge is 2.15. The summed E-state index contributed by atoms with van der Waals surface area (Å²) in [5.41, 5.74) is 1.54. The Labute approximate surface area is 105 Å². The number of benzene rings is 1. The van der Waals surface area contributed by atoms with Crippen molar-refractivity contribution in [3.8, 4) is 0 Å². The van der Waals surface area contributed by atoms with Crippen molar-refractivity contribution in [3.63, 3.8) is 0 Å². The van der Waals surface area contributed by atoms with Gasteiger partial charge in [-0.3, -0.25) is 9.78 Å². The minimum atomic E-state index is 0.0631. The van der Waals surface area contributed by atoms with Crippen molar-refractivity contribution in [3.05, 3.63) is 60.2 Å². The minimum Gasteiger partial charge on any atom is -0.287 e. The number of ketones is 1. The molecule has 0 fully saturated rings. The van der Waals surface area contributed by atoms with Crippen LogP contribution < -0.4 is 4.57 Å². The van der Waals surface area contributed by atoms with Crippen molar-refractivity contribution < 1.29 is 9.36 Å². The van der Waals surface area contributed by atoms with Gasteiger partial charge in [0.2, 0.25) is 18.0 Å². The molecule has 0 spiro atoms. The molecule has 4 heteroatoms. The van der Waals surface area contributed by atoms with Crippen molar-refractivity contribution in [1.82, 2.24) is 4.98 Å². The van der Waals surface area contributed by atoms with Crippen molar-refractivity contribution in [2.45, 2.75) is 12.4 Å². The maximum atomic E-state index is 12.0. The molecule has 0 saturated heterocycles. The van der Waals surface area contributed by atoms with Gasteiger partial charge in [0.15, 0.2) is 6.20 Å². The van der Waals surface area contributed by atoms with Gasteiger partial charge in [-0.1, -0.05) is 30.3 Å². The van der Waals surface area contributed by atoms with Gasteiger partial charge in [0.05, 0.1) is 12.4 Å². The Morgan fingerprint density at radius 1 is 1.29 bits per heavy atom. The SMILES string of the molecule is O=C(C[n+]1ccncc1CCl)c1ccccc1. The second-order valence-electron chi connectivity index (χ2n) is 3.62. The number of rotatable bonds is 4. The third kappa shape index (κ3) is 2.88. The molecular weight excluding hydrogens is 236 g/mol. The highest BCUT2D eigenvalue weighted by Crippen LogP contribution is 2.01. The summed E-state index contributed by atoms with van der Waals surface area (Å²) in [6.07, 6.45) is 5.08. The number of Topliss-reactive ketones (excluding diaryl/α,β-unsaturated/α-hetero) is 1. The first-order valence-electron chi connectivity index (χ1n) is 5.28. The van der Waals surface area contributed by atoms with Gasteiger partial charge >= 0.3 is 0 Å². The predicted octanol–water partition coefficient (Wildman–Crippen LogP) is 1.99. The number of hydrogen-bond acceptors (Lipinski definition) is 2. The Balaban J connectivity index is 2.19. The molecule has 0 radical (unpaired) electrons. The second-order valence-corrected chi connectivity index (χ2v) is 3.89. The molecule has 1 heterocycles. The number of halogens is 1. The standard InChI is InChI=1S/C13H12ClN2O/c14-8-12-9-15-6-7-16(12)10-13(17)11-4-2-1-3-5-11/h1-7,9H,8,10H2/q+1. The fraction of sp³-hybridized carbons (Fsp3) is 0.154. The molecule has 86 valence electrons. The second kappa shape index (κ2) is 5.55. The largest absolute Gasteiger partial charge is 0.287 e. The number of nitrogens with zero attached hydrogens (tertiary/aromatic N) is 2. The van der Waals surface area contributed by atoms with Gasteiger partial charge in [-0.15, -0.1) is 11.6 Å². The summed E-state index contributed by atoms with van der Waals surface area (Å²) in [6, 6.07) is 9.22. The van der Waals surface area contributed by atoms with Crippen LogP contribution in [-0.2, 0) is 12.4 Å². The number of carbonyl (C=O) groups excluding carboxylic acids is 1. The topological polar surface area (TPSA) is 33.8 Å². The predicted molar refractivity (Wildman–Crippen MR) is 64.8 cm³/mol. The van der Waals surface area contributed by atoms with Crippen LogP contribution in [0, 0.1) is 0 Å². The smallest absolute Gasteiger partial charge is 0.227 e. The highest BCUT2D eigenvalue weighted by molar-refractivity contribution is 6.16. The van der Waals surface area contributed by atoms with E-state index in [-0.39, 0.29) is 12.3 Å². The Morgan fingerprint density at radius 2 is 2.06 bits per heavy atom. The van der Waals surface area contributed by atoms with Crippen molar-refractivity contribution in [2.24, 2.45) is 0 Å². The molecule has 0 N–H and O–H groups in total. The van der Waals surface area contributed by atoms with Gasteiger partial charge in [0.1, 0.15) is 5.88 Å². The monoisotopic (exact) mass is 247 g/mol. The van der Waals surface area contributed by atoms with Gasteiger partial charge in [-0.2, -0.15) is 4.57 Å². The summed E-state index contributed by atoms with van der Waals surface area (Å²) < 4.78 is 1.81. The van der Waals surface area contributed by atoms with Gasteiger partial charge in [-0.25, -0.2) is 0 Å². The van der Waals surface area contributed by atoms with Crippen LogP contribution in [-0.4, -0.2) is 10.8 Å². The molecule has 0 amide bonds. The summed E-state index contributed by atoms with van der Waals surface area (Å²) in [5.74, 6) is 0.406. The molecule has 1 aromatic heterocycles. The van der Waals surface area contributed by atoms with Gasteiger partial charge < -0.3 is 0 Å². The first kappa shape index (κ1) is 11.7. The van der Waals surface area contributed by atoms with E-state index in [9.17, 15) is 4.79 Å². The van der Waals surface area contributed by atoms with E-state index in [0.29, 0.717) is 11.4 Å². The van der Waals surface area contributed by atoms with Crippen LogP contribution in [0.4, 0.5) is 0 Å². The van der Waals surface area contributed by atoms with E-state index in [1.54, 1.807) is 18.6 Å². The Bertz CT molecular complexity index is 514. The van der Waals surface area contributed by atoms with Crippen molar-refractivity contribution in [1.29, 1.82) is 0 Å². The van der Waals surface area contributed by atoms with E-state index < -0.39 is 0 Å². The maximum absolute atomic E-state index is 12.0. The molecule has 0 aliphatic carbocycles. The van der Waals surface area contributed by atoms with Crippen LogP contribution in [0.5, 0.6) is 0 Å². The van der Waals surface area contributed by atoms with E-state index in [4.69, 9.17) is 11.6 Å². The van der Waals surface area contributed by atoms with Crippen LogP contribution >= 0.6 is 11.6 Å². The molecule has 3 nitrogen and oxygen atoms in total. The van der Waals surface area contributed by atoms with Crippen LogP contribution in [0.15, 0.2) is 48.9 Å². The molecule has 2 aromatic rings. The van der Waals surface area contributed by atoms with E-state index in [0.717, 1.165) is 5.69 Å². The average molecular weight is 248 g/mol. The fourth-order valence-corrected chi connectivity index (χ4v) is 1.78. The normalized spacial score (nSPS) is 10.2. The van der Waals surface area contributed by atoms with Crippen LogP contribution in [0.25, 0.3) is 0 Å². The fourth-order valence-electron chi connectivity index (χ4n) is 1.55. The van der Waals surface area contributed by atoms with E-state index in [1.807, 2.05) is 34.9 Å². The Hall–Kier alpha value is -1.74. The van der Waals surface area contributed by atoms with Gasteiger partial charge in [0, 0.05) is 5.56 Å². The van der Waals surface area contributed by atoms with Gasteiger partial charge in [0.25, 0.3) is 0 Å². The minimum absolute atomic E-state index is 0.0631. The molecule has 0 atom stereocenters. The molecule has 0 bridgehead atoms. The summed E-state index contributed by atoms with van der Waals surface area (Å²) in [4.78, 5) is 16.0. The maximum Gasteiger partial charge on any atom is 0.227 e. The molecular formula is C13H12ClN2O+. The van der Waals surface area contributed by atoms with Crippen molar-refractivity contribution >= 4 is 17.4 Å². The Kier molecular flexibility index (Phi) is 3.83. The molecule has 0 unspecified atom stereocenters. The van der Waals surface area contributed by atoms with E-state index >= 15 is 0 Å². The summed E-state index contributed by atoms with van der Waals surface area (Å²) >= 11 is 5.79. The quantitative estimate of drug-likeness (QED) is 0.470. The lowest BCUT2D eigenvalue weighted by Gasteiger charge is -2.00. The molecule has 2 rings (SSSR count). The lowest BCUT2D eigenvalue weighted by molar-refractivity contribution is -0.690. The zero-order chi connectivity index (χ0) is 12.1. The zero-order valence-electron chi connectivity index (χ0n) is 9.21. The molecule has 0 aliphatic rings. The number of hydrogen-bond donors (Lipinski definition) is 0. The Morgan fingerprint density at radius 3 is 2.76 bits per heavy atom. The first-order chi connectivity index (χ1) is 8.31. The molecule has 17 heavy (non-hydrogen) atoms. The summed E-state index contributed by atoms with van der Waals surface area (Å²) in [5, 5.41) is 0. The lowest BCUT2D eigenvalue weighted by atomic mass is 10.1. The first-order valence-corrected chi connectivity index (χ1v) is 5.81. The number of alkyl halides is 1. The summed E-state index contributed by atoms with van der Waals surface area (Å²) in [6.45, 7) is 0.286. The number of carbonyl (C=O) groups is 1. The molecule has 1 aromatic carbocycles. The summed E-state index contributed by atoms with van der Waals surface area (Å²) in [7, 11) is 0. The van der Waals surface area contributed by atoms with E-state index in [1.165, 1.54) is 0 Å². The third-order valence-corrected chi connectivity index (χ3v) is 2.75. The molecule has 0 aliphatic heterocycles. The highest BCUT2D eigenvalue weighted by atomic mass is 35.5. The lowest BCUT2D eigenvalue weighted by Crippen LogP contribution is -2.41. The third-order valence-electron chi connectivity index (χ3n) is 2.47. The van der Waals surface area contributed by atoms with Gasteiger partial charge in [-0.05, 0) is 0 Å². The van der Waals surface area contributed by atoms with E-state index in [2.05, 4.69) is 4.98 Å². The number of aromatic nitrogens is 2. The van der Waals surface area contributed by atoms with Crippen LogP contribution in [0.1, 0.15) is 16.1 Å². The average Bonchev–Trinajstić information content (AvgIpc) is 2.40. The zero-order valence-corrected chi connectivity index (χ0v) is 9.97. The van der Waals surface area contributed by atoms with Crippen LogP contribution in [0.3, 0.4) is 0 Å². The van der Waals surface area contributed by atoms with Crippen LogP contribution in [0.2, 0.25) is 0 Å². The van der Waals surface area contributed by atoms with Crippen molar-refractivity contribution in [2.75, 3.05) is 0 Å². The molecule has 0 saturated carbocycles.